The molecule has 1 aromatic heterocycles. The number of sulfonamides is 1. The second kappa shape index (κ2) is 7.75. The molecule has 0 bridgehead atoms. The van der Waals surface area contributed by atoms with Crippen molar-refractivity contribution in [2.45, 2.75) is 31.6 Å². The number of benzene rings is 1. The number of aromatic nitrogens is 1. The Morgan fingerprint density at radius 2 is 1.96 bits per heavy atom. The SMILES string of the molecule is Cc1ccc(F)cc1S(=O)(=O)Nc1cnc(N2CCC(C)CC2)c(C(=O)O)c1. The molecule has 2 N–H and O–H groups in total. The second-order valence-corrected chi connectivity index (χ2v) is 8.74. The number of carbonyl (C=O) groups is 1. The van der Waals surface area contributed by atoms with Crippen LogP contribution in [0, 0.1) is 18.7 Å². The Hall–Kier alpha value is -2.68. The second-order valence-electron chi connectivity index (χ2n) is 7.09. The molecule has 3 rings (SSSR count). The van der Waals surface area contributed by atoms with Crippen molar-refractivity contribution in [3.05, 3.63) is 47.4 Å². The normalized spacial score (nSPS) is 15.5. The van der Waals surface area contributed by atoms with Crippen LogP contribution in [0.25, 0.3) is 0 Å². The first kappa shape index (κ1) is 20.1. The van der Waals surface area contributed by atoms with E-state index in [-0.39, 0.29) is 16.1 Å². The number of nitrogens with one attached hydrogen (secondary N) is 1. The average Bonchev–Trinajstić information content (AvgIpc) is 2.64. The number of aromatic carboxylic acids is 1. The Balaban J connectivity index is 1.92. The van der Waals surface area contributed by atoms with Crippen LogP contribution in [0.5, 0.6) is 0 Å². The van der Waals surface area contributed by atoms with Crippen molar-refractivity contribution in [1.29, 1.82) is 0 Å². The van der Waals surface area contributed by atoms with Gasteiger partial charge in [0.1, 0.15) is 17.2 Å². The summed E-state index contributed by atoms with van der Waals surface area (Å²) < 4.78 is 41.0. The summed E-state index contributed by atoms with van der Waals surface area (Å²) in [6.07, 6.45) is 3.16. The molecule has 0 amide bonds. The predicted octanol–water partition coefficient (Wildman–Crippen LogP) is 3.26. The molecule has 1 aromatic carbocycles. The minimum absolute atomic E-state index is 0.00943. The van der Waals surface area contributed by atoms with Crippen LogP contribution in [0.2, 0.25) is 0 Å². The summed E-state index contributed by atoms with van der Waals surface area (Å²) >= 11 is 0. The van der Waals surface area contributed by atoms with E-state index in [2.05, 4.69) is 16.6 Å². The molecule has 0 aliphatic carbocycles. The Morgan fingerprint density at radius 1 is 1.29 bits per heavy atom. The fourth-order valence-electron chi connectivity index (χ4n) is 3.22. The van der Waals surface area contributed by atoms with Crippen molar-refractivity contribution in [3.8, 4) is 0 Å². The lowest BCUT2D eigenvalue weighted by molar-refractivity contribution is 0.0697. The zero-order valence-corrected chi connectivity index (χ0v) is 16.5. The lowest BCUT2D eigenvalue weighted by Crippen LogP contribution is -2.34. The van der Waals surface area contributed by atoms with E-state index in [0.717, 1.165) is 18.9 Å². The molecular formula is C19H22FN3O4S. The van der Waals surface area contributed by atoms with Crippen molar-refractivity contribution in [1.82, 2.24) is 4.98 Å². The zero-order chi connectivity index (χ0) is 20.5. The molecule has 1 fully saturated rings. The minimum Gasteiger partial charge on any atom is -0.478 e. The van der Waals surface area contributed by atoms with E-state index in [1.165, 1.54) is 24.4 Å². The number of pyridine rings is 1. The number of carboxylic acids is 1. The van der Waals surface area contributed by atoms with Crippen molar-refractivity contribution in [2.24, 2.45) is 5.92 Å². The summed E-state index contributed by atoms with van der Waals surface area (Å²) in [7, 11) is -4.09. The van der Waals surface area contributed by atoms with Crippen LogP contribution in [-0.4, -0.2) is 37.6 Å². The molecule has 1 saturated heterocycles. The lowest BCUT2D eigenvalue weighted by Gasteiger charge is -2.32. The maximum atomic E-state index is 13.5. The number of nitrogens with zero attached hydrogens (tertiary/aromatic N) is 2. The zero-order valence-electron chi connectivity index (χ0n) is 15.6. The van der Waals surface area contributed by atoms with Gasteiger partial charge in [-0.1, -0.05) is 13.0 Å². The summed E-state index contributed by atoms with van der Waals surface area (Å²) in [5.74, 6) is -0.969. The fourth-order valence-corrected chi connectivity index (χ4v) is 4.51. The quantitative estimate of drug-likeness (QED) is 0.789. The molecule has 9 heteroatoms. The standard InChI is InChI=1S/C19H22FN3O4S/c1-12-5-7-23(8-6-12)18-16(19(24)25)10-15(11-21-18)22-28(26,27)17-9-14(20)4-3-13(17)2/h3-4,9-12,22H,5-8H2,1-2H3,(H,24,25). The third kappa shape index (κ3) is 4.24. The van der Waals surface area contributed by atoms with Crippen molar-refractivity contribution in [2.75, 3.05) is 22.7 Å². The molecule has 7 nitrogen and oxygen atoms in total. The number of rotatable bonds is 5. The van der Waals surface area contributed by atoms with Gasteiger partial charge in [-0.3, -0.25) is 4.72 Å². The van der Waals surface area contributed by atoms with Crippen molar-refractivity contribution < 1.29 is 22.7 Å². The van der Waals surface area contributed by atoms with Crippen LogP contribution in [0.3, 0.4) is 0 Å². The highest BCUT2D eigenvalue weighted by molar-refractivity contribution is 7.92. The number of piperidine rings is 1. The number of aryl methyl sites for hydroxylation is 1. The molecule has 28 heavy (non-hydrogen) atoms. The highest BCUT2D eigenvalue weighted by Crippen LogP contribution is 2.27. The van der Waals surface area contributed by atoms with E-state index in [4.69, 9.17) is 0 Å². The van der Waals surface area contributed by atoms with Gasteiger partial charge in [0.05, 0.1) is 16.8 Å². The van der Waals surface area contributed by atoms with E-state index in [1.54, 1.807) is 6.92 Å². The van der Waals surface area contributed by atoms with Crippen LogP contribution in [0.15, 0.2) is 35.4 Å². The Kier molecular flexibility index (Phi) is 5.55. The maximum absolute atomic E-state index is 13.5. The molecule has 0 atom stereocenters. The summed E-state index contributed by atoms with van der Waals surface area (Å²) in [5.41, 5.74) is 0.306. The molecule has 0 radical (unpaired) electrons. The molecule has 0 unspecified atom stereocenters. The van der Waals surface area contributed by atoms with Gasteiger partial charge in [0, 0.05) is 13.1 Å². The van der Waals surface area contributed by atoms with Gasteiger partial charge < -0.3 is 10.0 Å². The molecule has 0 spiro atoms. The molecule has 1 aliphatic heterocycles. The van der Waals surface area contributed by atoms with Gasteiger partial charge in [0.25, 0.3) is 10.0 Å². The largest absolute Gasteiger partial charge is 0.478 e. The van der Waals surface area contributed by atoms with E-state index in [0.29, 0.717) is 30.4 Å². The molecule has 0 saturated carbocycles. The van der Waals surface area contributed by atoms with Gasteiger partial charge in [-0.15, -0.1) is 0 Å². The predicted molar refractivity (Wildman–Crippen MR) is 104 cm³/mol. The number of carboxylic acid groups (broad SMARTS) is 1. The van der Waals surface area contributed by atoms with Gasteiger partial charge in [0.15, 0.2) is 0 Å². The number of anilines is 2. The Labute approximate surface area is 163 Å². The first-order valence-corrected chi connectivity index (χ1v) is 10.4. The van der Waals surface area contributed by atoms with Crippen molar-refractivity contribution in [3.63, 3.8) is 0 Å². The Morgan fingerprint density at radius 3 is 2.61 bits per heavy atom. The van der Waals surface area contributed by atoms with Gasteiger partial charge in [0.2, 0.25) is 0 Å². The van der Waals surface area contributed by atoms with Gasteiger partial charge in [-0.25, -0.2) is 22.6 Å². The number of halogens is 1. The first-order valence-electron chi connectivity index (χ1n) is 8.94. The fraction of sp³-hybridized carbons (Fsp3) is 0.368. The maximum Gasteiger partial charge on any atom is 0.339 e. The summed E-state index contributed by atoms with van der Waals surface area (Å²) in [4.78, 5) is 17.6. The van der Waals surface area contributed by atoms with Crippen LogP contribution in [0.4, 0.5) is 15.9 Å². The van der Waals surface area contributed by atoms with E-state index < -0.39 is 21.8 Å². The third-order valence-corrected chi connectivity index (χ3v) is 6.40. The monoisotopic (exact) mass is 407 g/mol. The van der Waals surface area contributed by atoms with E-state index >= 15 is 0 Å². The summed E-state index contributed by atoms with van der Waals surface area (Å²) in [6, 6.07) is 4.71. The van der Waals surface area contributed by atoms with Crippen LogP contribution in [0.1, 0.15) is 35.7 Å². The van der Waals surface area contributed by atoms with Crippen LogP contribution >= 0.6 is 0 Å². The average molecular weight is 407 g/mol. The smallest absolute Gasteiger partial charge is 0.339 e. The highest BCUT2D eigenvalue weighted by atomic mass is 32.2. The van der Waals surface area contributed by atoms with Crippen molar-refractivity contribution >= 4 is 27.5 Å². The lowest BCUT2D eigenvalue weighted by atomic mass is 9.99. The Bertz CT molecular complexity index is 1000. The van der Waals surface area contributed by atoms with Gasteiger partial charge in [-0.05, 0) is 49.4 Å². The summed E-state index contributed by atoms with van der Waals surface area (Å²) in [5, 5.41) is 9.58. The first-order chi connectivity index (χ1) is 13.2. The van der Waals surface area contributed by atoms with Crippen LogP contribution < -0.4 is 9.62 Å². The highest BCUT2D eigenvalue weighted by Gasteiger charge is 2.24. The third-order valence-electron chi connectivity index (χ3n) is 4.87. The topological polar surface area (TPSA) is 99.6 Å². The van der Waals surface area contributed by atoms with Gasteiger partial charge >= 0.3 is 5.97 Å². The molecule has 2 aromatic rings. The minimum atomic E-state index is -4.09. The molecule has 2 heterocycles. The molecule has 150 valence electrons. The number of hydrogen-bond donors (Lipinski definition) is 2. The van der Waals surface area contributed by atoms with E-state index in [1.807, 2.05) is 4.90 Å². The van der Waals surface area contributed by atoms with Crippen LogP contribution in [-0.2, 0) is 10.0 Å². The molecule has 1 aliphatic rings. The summed E-state index contributed by atoms with van der Waals surface area (Å²) in [6.45, 7) is 5.09. The number of hydrogen-bond acceptors (Lipinski definition) is 5. The van der Waals surface area contributed by atoms with E-state index in [9.17, 15) is 22.7 Å². The van der Waals surface area contributed by atoms with Gasteiger partial charge in [-0.2, -0.15) is 0 Å². The molecular weight excluding hydrogens is 385 g/mol.